The zero-order valence-corrected chi connectivity index (χ0v) is 13.7. The van der Waals surface area contributed by atoms with E-state index in [1.165, 1.54) is 0 Å². The molecule has 2 fully saturated rings. The predicted molar refractivity (Wildman–Crippen MR) is 88.1 cm³/mol. The number of hydrogen-bond acceptors (Lipinski definition) is 5. The Hall–Kier alpha value is -1.92. The zero-order valence-electron chi connectivity index (χ0n) is 13.7. The molecule has 1 aliphatic carbocycles. The average Bonchev–Trinajstić information content (AvgIpc) is 2.57. The van der Waals surface area contributed by atoms with Gasteiger partial charge in [-0.25, -0.2) is 0 Å². The van der Waals surface area contributed by atoms with Gasteiger partial charge >= 0.3 is 5.97 Å². The van der Waals surface area contributed by atoms with Gasteiger partial charge in [0.2, 0.25) is 5.91 Å². The van der Waals surface area contributed by atoms with E-state index < -0.39 is 0 Å². The number of benzene rings is 1. The van der Waals surface area contributed by atoms with Gasteiger partial charge in [-0.3, -0.25) is 9.59 Å². The lowest BCUT2D eigenvalue weighted by atomic mass is 9.80. The lowest BCUT2D eigenvalue weighted by Gasteiger charge is -2.34. The van der Waals surface area contributed by atoms with E-state index in [4.69, 9.17) is 9.47 Å². The molecule has 1 saturated heterocycles. The van der Waals surface area contributed by atoms with Crippen molar-refractivity contribution in [3.8, 4) is 0 Å². The number of rotatable bonds is 6. The number of ether oxygens (including phenoxy) is 2. The number of carbonyl (C=O) groups is 2. The summed E-state index contributed by atoms with van der Waals surface area (Å²) in [5.74, 6) is -0.263. The molecule has 1 heterocycles. The molecule has 1 amide bonds. The van der Waals surface area contributed by atoms with E-state index in [0.29, 0.717) is 39.1 Å². The van der Waals surface area contributed by atoms with Crippen molar-refractivity contribution in [2.75, 3.05) is 19.8 Å². The number of carbonyl (C=O) groups excluding carboxylic acids is 2. The van der Waals surface area contributed by atoms with Crippen molar-refractivity contribution in [2.45, 2.75) is 38.0 Å². The van der Waals surface area contributed by atoms with Crippen molar-refractivity contribution in [3.63, 3.8) is 0 Å². The third-order valence-electron chi connectivity index (χ3n) is 4.49. The Balaban J connectivity index is 1.31. The summed E-state index contributed by atoms with van der Waals surface area (Å²) < 4.78 is 10.7. The summed E-state index contributed by atoms with van der Waals surface area (Å²) in [5, 5.41) is 6.24. The van der Waals surface area contributed by atoms with Gasteiger partial charge in [0.1, 0.15) is 6.61 Å². The van der Waals surface area contributed by atoms with E-state index in [1.807, 2.05) is 30.3 Å². The van der Waals surface area contributed by atoms with Crippen LogP contribution in [0.15, 0.2) is 30.3 Å². The molecule has 1 atom stereocenters. The fraction of sp³-hybridized carbons (Fsp3) is 0.556. The van der Waals surface area contributed by atoms with Gasteiger partial charge in [-0.15, -0.1) is 0 Å². The molecule has 1 unspecified atom stereocenters. The van der Waals surface area contributed by atoms with E-state index in [1.54, 1.807) is 0 Å². The van der Waals surface area contributed by atoms with Crippen LogP contribution in [0.3, 0.4) is 0 Å². The van der Waals surface area contributed by atoms with Crippen LogP contribution in [0.4, 0.5) is 0 Å². The molecule has 3 rings (SSSR count). The third-order valence-corrected chi connectivity index (χ3v) is 4.49. The maximum atomic E-state index is 12.0. The van der Waals surface area contributed by atoms with Crippen molar-refractivity contribution in [3.05, 3.63) is 35.9 Å². The van der Waals surface area contributed by atoms with Gasteiger partial charge in [0.05, 0.1) is 19.1 Å². The molecule has 1 aromatic rings. The van der Waals surface area contributed by atoms with Crippen molar-refractivity contribution >= 4 is 11.9 Å². The summed E-state index contributed by atoms with van der Waals surface area (Å²) >= 11 is 0. The largest absolute Gasteiger partial charge is 0.461 e. The van der Waals surface area contributed by atoms with E-state index >= 15 is 0 Å². The molecular weight excluding hydrogens is 308 g/mol. The fourth-order valence-corrected chi connectivity index (χ4v) is 3.04. The first kappa shape index (κ1) is 16.9. The first-order chi connectivity index (χ1) is 11.7. The summed E-state index contributed by atoms with van der Waals surface area (Å²) in [4.78, 5) is 24.0. The third kappa shape index (κ3) is 4.79. The molecule has 6 nitrogen and oxygen atoms in total. The first-order valence-electron chi connectivity index (χ1n) is 8.52. The van der Waals surface area contributed by atoms with Gasteiger partial charge < -0.3 is 20.1 Å². The van der Waals surface area contributed by atoms with Gasteiger partial charge in [-0.05, 0) is 18.4 Å². The molecule has 130 valence electrons. The highest BCUT2D eigenvalue weighted by atomic mass is 16.5. The Morgan fingerprint density at radius 2 is 2.04 bits per heavy atom. The SMILES string of the molecule is O=C(CC1COCCN1)NC1CC(C(=O)OCc2ccccc2)C1. The minimum absolute atomic E-state index is 0.0131. The molecule has 0 aromatic heterocycles. The highest BCUT2D eigenvalue weighted by Crippen LogP contribution is 2.29. The minimum atomic E-state index is -0.174. The first-order valence-corrected chi connectivity index (χ1v) is 8.52. The van der Waals surface area contributed by atoms with E-state index in [2.05, 4.69) is 10.6 Å². The molecule has 0 spiro atoms. The molecule has 1 aromatic carbocycles. The molecule has 2 aliphatic rings. The predicted octanol–water partition coefficient (Wildman–Crippen LogP) is 1.00. The van der Waals surface area contributed by atoms with E-state index in [-0.39, 0.29) is 29.9 Å². The maximum absolute atomic E-state index is 12.0. The standard InChI is InChI=1S/C18H24N2O4/c21-17(10-16-12-23-7-6-19-16)20-15-8-14(9-15)18(22)24-11-13-4-2-1-3-5-13/h1-5,14-16,19H,6-12H2,(H,20,21). The smallest absolute Gasteiger partial charge is 0.309 e. The van der Waals surface area contributed by atoms with Gasteiger partial charge in [0.25, 0.3) is 0 Å². The molecule has 2 N–H and O–H groups in total. The lowest BCUT2D eigenvalue weighted by Crippen LogP contribution is -2.50. The van der Waals surface area contributed by atoms with Gasteiger partial charge in [-0.1, -0.05) is 30.3 Å². The Bertz CT molecular complexity index is 551. The Labute approximate surface area is 141 Å². The number of nitrogens with one attached hydrogen (secondary N) is 2. The van der Waals surface area contributed by atoms with Gasteiger partial charge in [0, 0.05) is 25.0 Å². The average molecular weight is 332 g/mol. The van der Waals surface area contributed by atoms with Crippen LogP contribution in [0, 0.1) is 5.92 Å². The second kappa shape index (κ2) is 8.26. The van der Waals surface area contributed by atoms with Crippen LogP contribution in [0.2, 0.25) is 0 Å². The highest BCUT2D eigenvalue weighted by molar-refractivity contribution is 5.78. The van der Waals surface area contributed by atoms with Crippen molar-refractivity contribution in [2.24, 2.45) is 5.92 Å². The summed E-state index contributed by atoms with van der Waals surface area (Å²) in [5.41, 5.74) is 0.984. The Morgan fingerprint density at radius 1 is 1.25 bits per heavy atom. The molecule has 0 radical (unpaired) electrons. The zero-order chi connectivity index (χ0) is 16.8. The lowest BCUT2D eigenvalue weighted by molar-refractivity contribution is -0.154. The van der Waals surface area contributed by atoms with Crippen molar-refractivity contribution < 1.29 is 19.1 Å². The Kier molecular flexibility index (Phi) is 5.82. The van der Waals surface area contributed by atoms with Crippen LogP contribution in [-0.2, 0) is 25.7 Å². The molecular formula is C18H24N2O4. The second-order valence-corrected chi connectivity index (χ2v) is 6.46. The number of esters is 1. The summed E-state index contributed by atoms with van der Waals surface area (Å²) in [6, 6.07) is 9.80. The number of amides is 1. The van der Waals surface area contributed by atoms with Gasteiger partial charge in [0.15, 0.2) is 0 Å². The molecule has 24 heavy (non-hydrogen) atoms. The van der Waals surface area contributed by atoms with Crippen molar-refractivity contribution in [1.29, 1.82) is 0 Å². The van der Waals surface area contributed by atoms with Crippen LogP contribution in [0.1, 0.15) is 24.8 Å². The molecule has 0 bridgehead atoms. The second-order valence-electron chi connectivity index (χ2n) is 6.46. The Morgan fingerprint density at radius 3 is 2.75 bits per heavy atom. The molecule has 6 heteroatoms. The van der Waals surface area contributed by atoms with Crippen molar-refractivity contribution in [1.82, 2.24) is 10.6 Å². The van der Waals surface area contributed by atoms with Crippen LogP contribution in [0.25, 0.3) is 0 Å². The van der Waals surface area contributed by atoms with Crippen LogP contribution < -0.4 is 10.6 Å². The highest BCUT2D eigenvalue weighted by Gasteiger charge is 2.36. The monoisotopic (exact) mass is 332 g/mol. The normalized spacial score (nSPS) is 26.2. The van der Waals surface area contributed by atoms with E-state index in [9.17, 15) is 9.59 Å². The summed E-state index contributed by atoms with van der Waals surface area (Å²) in [6.45, 7) is 2.37. The summed E-state index contributed by atoms with van der Waals surface area (Å²) in [7, 11) is 0. The molecule has 1 saturated carbocycles. The molecule has 1 aliphatic heterocycles. The topological polar surface area (TPSA) is 76.7 Å². The maximum Gasteiger partial charge on any atom is 0.309 e. The minimum Gasteiger partial charge on any atom is -0.461 e. The van der Waals surface area contributed by atoms with E-state index in [0.717, 1.165) is 12.1 Å². The fourth-order valence-electron chi connectivity index (χ4n) is 3.04. The van der Waals surface area contributed by atoms with Gasteiger partial charge in [-0.2, -0.15) is 0 Å². The summed E-state index contributed by atoms with van der Waals surface area (Å²) in [6.07, 6.45) is 1.74. The quantitative estimate of drug-likeness (QED) is 0.760. The van der Waals surface area contributed by atoms with Crippen LogP contribution in [-0.4, -0.2) is 43.7 Å². The number of hydrogen-bond donors (Lipinski definition) is 2. The number of morpholine rings is 1. The van der Waals surface area contributed by atoms with Crippen LogP contribution in [0.5, 0.6) is 0 Å². The van der Waals surface area contributed by atoms with Crippen LogP contribution >= 0.6 is 0 Å².